The first-order chi connectivity index (χ1) is 8.20. The maximum atomic E-state index is 4.60. The second-order valence-electron chi connectivity index (χ2n) is 4.48. The molecule has 1 heterocycles. The van der Waals surface area contributed by atoms with Crippen LogP contribution in [-0.2, 0) is 13.1 Å². The number of aryl methyl sites for hydroxylation is 2. The lowest BCUT2D eigenvalue weighted by Gasteiger charge is -2.05. The quantitative estimate of drug-likeness (QED) is 0.554. The van der Waals surface area contributed by atoms with Gasteiger partial charge in [0, 0.05) is 24.3 Å². The summed E-state index contributed by atoms with van der Waals surface area (Å²) in [6, 6.07) is 0. The Balaban J connectivity index is 2.61. The highest BCUT2D eigenvalue weighted by molar-refractivity contribution is 5.24. The fourth-order valence-corrected chi connectivity index (χ4v) is 1.98. The summed E-state index contributed by atoms with van der Waals surface area (Å²) in [6.45, 7) is 13.2. The molecule has 0 atom stereocenters. The molecule has 0 radical (unpaired) electrons. The van der Waals surface area contributed by atoms with Gasteiger partial charge in [-0.2, -0.15) is 5.10 Å². The largest absolute Gasteiger partial charge is 0.313 e. The van der Waals surface area contributed by atoms with Gasteiger partial charge in [0.05, 0.1) is 5.69 Å². The van der Waals surface area contributed by atoms with Crippen LogP contribution < -0.4 is 5.32 Å². The number of nitrogens with zero attached hydrogens (tertiary/aromatic N) is 2. The number of hydrogen-bond acceptors (Lipinski definition) is 2. The molecule has 17 heavy (non-hydrogen) atoms. The average Bonchev–Trinajstić information content (AvgIpc) is 2.57. The number of aromatic nitrogens is 2. The summed E-state index contributed by atoms with van der Waals surface area (Å²) in [7, 11) is 0. The fourth-order valence-electron chi connectivity index (χ4n) is 1.98. The predicted octanol–water partition coefficient (Wildman–Crippen LogP) is 2.97. The van der Waals surface area contributed by atoms with Gasteiger partial charge in [0.1, 0.15) is 0 Å². The second kappa shape index (κ2) is 7.28. The van der Waals surface area contributed by atoms with E-state index in [2.05, 4.69) is 42.4 Å². The third-order valence-corrected chi connectivity index (χ3v) is 3.04. The SMILES string of the molecule is C=CCCCn1nc(C)c(CNCCC)c1C. The van der Waals surface area contributed by atoms with E-state index in [1.165, 1.54) is 17.7 Å². The van der Waals surface area contributed by atoms with Gasteiger partial charge in [0.25, 0.3) is 0 Å². The van der Waals surface area contributed by atoms with Crippen molar-refractivity contribution >= 4 is 0 Å². The molecule has 0 aromatic carbocycles. The van der Waals surface area contributed by atoms with Crippen LogP contribution in [-0.4, -0.2) is 16.3 Å². The highest BCUT2D eigenvalue weighted by Crippen LogP contribution is 2.13. The molecule has 0 bridgehead atoms. The van der Waals surface area contributed by atoms with Crippen molar-refractivity contribution in [3.8, 4) is 0 Å². The molecule has 0 amide bonds. The molecule has 1 rings (SSSR count). The Morgan fingerprint density at radius 3 is 2.82 bits per heavy atom. The van der Waals surface area contributed by atoms with E-state index >= 15 is 0 Å². The Morgan fingerprint density at radius 1 is 1.41 bits per heavy atom. The third-order valence-electron chi connectivity index (χ3n) is 3.04. The van der Waals surface area contributed by atoms with Gasteiger partial charge in [-0.15, -0.1) is 6.58 Å². The topological polar surface area (TPSA) is 29.9 Å². The fraction of sp³-hybridized carbons (Fsp3) is 0.643. The van der Waals surface area contributed by atoms with Crippen molar-refractivity contribution in [1.82, 2.24) is 15.1 Å². The smallest absolute Gasteiger partial charge is 0.0641 e. The molecule has 3 heteroatoms. The van der Waals surface area contributed by atoms with E-state index < -0.39 is 0 Å². The Bertz CT molecular complexity index is 353. The molecule has 0 fully saturated rings. The minimum absolute atomic E-state index is 0.937. The Labute approximate surface area is 105 Å². The molecule has 1 N–H and O–H groups in total. The van der Waals surface area contributed by atoms with Crippen molar-refractivity contribution in [2.24, 2.45) is 0 Å². The van der Waals surface area contributed by atoms with Crippen LogP contribution in [0.2, 0.25) is 0 Å². The zero-order valence-electron chi connectivity index (χ0n) is 11.4. The van der Waals surface area contributed by atoms with Gasteiger partial charge in [-0.3, -0.25) is 4.68 Å². The van der Waals surface area contributed by atoms with Gasteiger partial charge in [0.15, 0.2) is 0 Å². The number of rotatable bonds is 8. The van der Waals surface area contributed by atoms with Crippen LogP contribution in [0.25, 0.3) is 0 Å². The lowest BCUT2D eigenvalue weighted by molar-refractivity contribution is 0.565. The lowest BCUT2D eigenvalue weighted by Crippen LogP contribution is -2.15. The summed E-state index contributed by atoms with van der Waals surface area (Å²) in [4.78, 5) is 0. The first-order valence-corrected chi connectivity index (χ1v) is 6.55. The van der Waals surface area contributed by atoms with Gasteiger partial charge < -0.3 is 5.32 Å². The molecule has 3 nitrogen and oxygen atoms in total. The van der Waals surface area contributed by atoms with Crippen molar-refractivity contribution < 1.29 is 0 Å². The summed E-state index contributed by atoms with van der Waals surface area (Å²) in [5.41, 5.74) is 3.82. The standard InChI is InChI=1S/C14H25N3/c1-5-7-8-10-17-13(4)14(12(3)16-17)11-15-9-6-2/h5,15H,1,6-11H2,2-4H3. The monoisotopic (exact) mass is 235 g/mol. The highest BCUT2D eigenvalue weighted by atomic mass is 15.3. The number of allylic oxidation sites excluding steroid dienone is 1. The van der Waals surface area contributed by atoms with Crippen molar-refractivity contribution in [1.29, 1.82) is 0 Å². The molecular formula is C14H25N3. The van der Waals surface area contributed by atoms with Crippen LogP contribution in [0.4, 0.5) is 0 Å². The number of unbranched alkanes of at least 4 members (excludes halogenated alkanes) is 1. The minimum Gasteiger partial charge on any atom is -0.313 e. The maximum Gasteiger partial charge on any atom is 0.0641 e. The Kier molecular flexibility index (Phi) is 5.98. The number of nitrogens with one attached hydrogen (secondary N) is 1. The summed E-state index contributed by atoms with van der Waals surface area (Å²) >= 11 is 0. The normalized spacial score (nSPS) is 10.8. The van der Waals surface area contributed by atoms with E-state index in [9.17, 15) is 0 Å². The van der Waals surface area contributed by atoms with Crippen LogP contribution >= 0.6 is 0 Å². The van der Waals surface area contributed by atoms with Gasteiger partial charge in [-0.05, 0) is 39.7 Å². The molecule has 0 saturated carbocycles. The molecule has 96 valence electrons. The summed E-state index contributed by atoms with van der Waals surface area (Å²) in [5, 5.41) is 8.05. The molecule has 1 aromatic heterocycles. The molecule has 0 aliphatic carbocycles. The van der Waals surface area contributed by atoms with Crippen molar-refractivity contribution in [2.75, 3.05) is 6.54 Å². The number of hydrogen-bond donors (Lipinski definition) is 1. The van der Waals surface area contributed by atoms with E-state index in [4.69, 9.17) is 0 Å². The van der Waals surface area contributed by atoms with Gasteiger partial charge in [-0.25, -0.2) is 0 Å². The zero-order valence-corrected chi connectivity index (χ0v) is 11.4. The van der Waals surface area contributed by atoms with E-state index in [0.717, 1.165) is 38.2 Å². The van der Waals surface area contributed by atoms with E-state index in [-0.39, 0.29) is 0 Å². The maximum absolute atomic E-state index is 4.60. The van der Waals surface area contributed by atoms with Gasteiger partial charge in [0.2, 0.25) is 0 Å². The molecule has 0 aliphatic rings. The van der Waals surface area contributed by atoms with E-state index in [1.54, 1.807) is 0 Å². The van der Waals surface area contributed by atoms with Crippen molar-refractivity contribution in [3.63, 3.8) is 0 Å². The van der Waals surface area contributed by atoms with E-state index in [1.807, 2.05) is 6.08 Å². The van der Waals surface area contributed by atoms with Crippen molar-refractivity contribution in [2.45, 2.75) is 53.1 Å². The van der Waals surface area contributed by atoms with Gasteiger partial charge >= 0.3 is 0 Å². The molecule has 0 aliphatic heterocycles. The van der Waals surface area contributed by atoms with E-state index in [0.29, 0.717) is 0 Å². The zero-order chi connectivity index (χ0) is 12.7. The summed E-state index contributed by atoms with van der Waals surface area (Å²) < 4.78 is 2.13. The van der Waals surface area contributed by atoms with Crippen LogP contribution in [0.5, 0.6) is 0 Å². The lowest BCUT2D eigenvalue weighted by atomic mass is 10.2. The summed E-state index contributed by atoms with van der Waals surface area (Å²) in [6.07, 6.45) is 5.32. The first-order valence-electron chi connectivity index (χ1n) is 6.55. The molecule has 0 unspecified atom stereocenters. The minimum atomic E-state index is 0.937. The van der Waals surface area contributed by atoms with Crippen LogP contribution in [0.3, 0.4) is 0 Å². The van der Waals surface area contributed by atoms with Gasteiger partial charge in [-0.1, -0.05) is 13.0 Å². The highest BCUT2D eigenvalue weighted by Gasteiger charge is 2.10. The van der Waals surface area contributed by atoms with Crippen molar-refractivity contribution in [3.05, 3.63) is 29.6 Å². The average molecular weight is 235 g/mol. The first kappa shape index (κ1) is 14.0. The second-order valence-corrected chi connectivity index (χ2v) is 4.48. The molecule has 0 saturated heterocycles. The third kappa shape index (κ3) is 4.00. The molecule has 1 aromatic rings. The van der Waals surface area contributed by atoms with Crippen LogP contribution in [0.1, 0.15) is 43.1 Å². The Hall–Kier alpha value is -1.09. The summed E-state index contributed by atoms with van der Waals surface area (Å²) in [5.74, 6) is 0. The van der Waals surface area contributed by atoms with Crippen LogP contribution in [0, 0.1) is 13.8 Å². The Morgan fingerprint density at radius 2 is 2.18 bits per heavy atom. The van der Waals surface area contributed by atoms with Crippen LogP contribution in [0.15, 0.2) is 12.7 Å². The predicted molar refractivity (Wildman–Crippen MR) is 73.1 cm³/mol. The molecule has 0 spiro atoms. The molecular weight excluding hydrogens is 210 g/mol.